The largest absolute Gasteiger partial charge is 0.544 e. The summed E-state index contributed by atoms with van der Waals surface area (Å²) in [5.74, 6) is 3.45. The minimum absolute atomic E-state index is 0.175. The van der Waals surface area contributed by atoms with E-state index in [-0.39, 0.29) is 5.41 Å². The molecule has 0 heterocycles. The molecule has 30 heavy (non-hydrogen) atoms. The van der Waals surface area contributed by atoms with Crippen molar-refractivity contribution in [2.45, 2.75) is 98.3 Å². The number of hydrogen-bond donors (Lipinski definition) is 0. The number of rotatable bonds is 4. The minimum atomic E-state index is -1.60. The third-order valence-corrected chi connectivity index (χ3v) is 10.5. The fourth-order valence-corrected chi connectivity index (χ4v) is 9.36. The van der Waals surface area contributed by atoms with Crippen molar-refractivity contribution < 1.29 is 8.85 Å². The van der Waals surface area contributed by atoms with Crippen molar-refractivity contribution >= 4 is 16.6 Å². The summed E-state index contributed by atoms with van der Waals surface area (Å²) in [7, 11) is -3.11. The zero-order valence-electron chi connectivity index (χ0n) is 20.9. The quantitative estimate of drug-likeness (QED) is 0.414. The van der Waals surface area contributed by atoms with Crippen molar-refractivity contribution in [1.29, 1.82) is 0 Å². The summed E-state index contributed by atoms with van der Waals surface area (Å²) in [6, 6.07) is 0. The van der Waals surface area contributed by atoms with Gasteiger partial charge in [0.25, 0.3) is 0 Å². The molecule has 0 aromatic rings. The topological polar surface area (TPSA) is 18.5 Å². The average Bonchev–Trinajstić information content (AvgIpc) is 2.90. The molecule has 0 N–H and O–H groups in total. The van der Waals surface area contributed by atoms with Gasteiger partial charge in [-0.3, -0.25) is 0 Å². The van der Waals surface area contributed by atoms with E-state index < -0.39 is 16.6 Å². The van der Waals surface area contributed by atoms with Crippen LogP contribution in [0.25, 0.3) is 0 Å². The Hall–Kier alpha value is -0.586. The van der Waals surface area contributed by atoms with E-state index in [0.29, 0.717) is 11.5 Å². The lowest BCUT2D eigenvalue weighted by atomic mass is 9.48. The molecule has 0 amide bonds. The summed E-state index contributed by atoms with van der Waals surface area (Å²) in [6.07, 6.45) is 14.3. The van der Waals surface area contributed by atoms with Crippen LogP contribution in [0, 0.1) is 28.6 Å². The Balaban J connectivity index is 1.63. The van der Waals surface area contributed by atoms with Crippen LogP contribution in [0.4, 0.5) is 0 Å². The molecule has 2 saturated carbocycles. The van der Waals surface area contributed by atoms with Crippen molar-refractivity contribution in [2.75, 3.05) is 0 Å². The van der Waals surface area contributed by atoms with Crippen LogP contribution in [0.5, 0.6) is 0 Å². The molecule has 4 aliphatic rings. The van der Waals surface area contributed by atoms with E-state index in [1.807, 2.05) is 0 Å². The van der Waals surface area contributed by atoms with Gasteiger partial charge in [0.2, 0.25) is 8.32 Å². The highest BCUT2D eigenvalue weighted by atomic mass is 28.4. The summed E-state index contributed by atoms with van der Waals surface area (Å²) < 4.78 is 13.1. The van der Waals surface area contributed by atoms with Gasteiger partial charge in [-0.15, -0.1) is 0 Å². The molecule has 0 spiro atoms. The van der Waals surface area contributed by atoms with Crippen molar-refractivity contribution in [3.05, 3.63) is 35.1 Å². The number of fused-ring (bicyclic) bond motifs is 5. The van der Waals surface area contributed by atoms with Gasteiger partial charge in [0.05, 0.1) is 6.10 Å². The Labute approximate surface area is 187 Å². The van der Waals surface area contributed by atoms with Crippen molar-refractivity contribution in [1.82, 2.24) is 0 Å². The van der Waals surface area contributed by atoms with Gasteiger partial charge in [-0.2, -0.15) is 0 Å². The predicted octanol–water partition coefficient (Wildman–Crippen LogP) is 7.68. The van der Waals surface area contributed by atoms with E-state index in [1.54, 1.807) is 0 Å². The second kappa shape index (κ2) is 7.21. The van der Waals surface area contributed by atoms with Crippen molar-refractivity contribution in [3.8, 4) is 0 Å². The normalized spacial score (nSPS) is 41.2. The van der Waals surface area contributed by atoms with Crippen LogP contribution in [0.3, 0.4) is 0 Å². The molecule has 168 valence electrons. The van der Waals surface area contributed by atoms with Crippen LogP contribution in [-0.4, -0.2) is 22.7 Å². The molecule has 4 heteroatoms. The van der Waals surface area contributed by atoms with Gasteiger partial charge in [-0.1, -0.05) is 25.5 Å². The number of allylic oxidation sites excluding steroid dienone is 5. The van der Waals surface area contributed by atoms with Crippen LogP contribution in [0.15, 0.2) is 35.1 Å². The first-order chi connectivity index (χ1) is 13.7. The van der Waals surface area contributed by atoms with Gasteiger partial charge in [-0.25, -0.2) is 0 Å². The first-order valence-corrected chi connectivity index (χ1v) is 19.0. The highest BCUT2D eigenvalue weighted by Gasteiger charge is 2.59. The lowest BCUT2D eigenvalue weighted by molar-refractivity contribution is -0.0486. The van der Waals surface area contributed by atoms with Crippen LogP contribution >= 0.6 is 0 Å². The lowest BCUT2D eigenvalue weighted by Gasteiger charge is -2.57. The summed E-state index contributed by atoms with van der Waals surface area (Å²) >= 11 is 0. The first-order valence-electron chi connectivity index (χ1n) is 12.2. The highest BCUT2D eigenvalue weighted by molar-refractivity contribution is 6.70. The highest BCUT2D eigenvalue weighted by Crippen LogP contribution is 2.65. The van der Waals surface area contributed by atoms with E-state index >= 15 is 0 Å². The SMILES string of the molecule is CC1=CC(O[Si](C)(C)C)=CC2=CCC3C(CCC4(C)C3CC[C@@H]4O[Si](C)(C)C)C12C. The second-order valence-corrected chi connectivity index (χ2v) is 21.8. The summed E-state index contributed by atoms with van der Waals surface area (Å²) in [5.41, 5.74) is 3.58. The van der Waals surface area contributed by atoms with Crippen LogP contribution in [0.2, 0.25) is 39.3 Å². The van der Waals surface area contributed by atoms with E-state index in [1.165, 1.54) is 43.3 Å². The maximum Gasteiger partial charge on any atom is 0.242 e. The van der Waals surface area contributed by atoms with Crippen molar-refractivity contribution in [3.63, 3.8) is 0 Å². The Morgan fingerprint density at radius 2 is 1.60 bits per heavy atom. The molecule has 4 rings (SSSR count). The Kier molecular flexibility index (Phi) is 5.43. The molecular weight excluding hydrogens is 400 g/mol. The number of hydrogen-bond acceptors (Lipinski definition) is 2. The average molecular weight is 445 g/mol. The molecule has 2 fully saturated rings. The van der Waals surface area contributed by atoms with Crippen LogP contribution < -0.4 is 0 Å². The fraction of sp³-hybridized carbons (Fsp3) is 0.769. The molecule has 0 aromatic carbocycles. The van der Waals surface area contributed by atoms with E-state index in [0.717, 1.165) is 23.5 Å². The summed E-state index contributed by atoms with van der Waals surface area (Å²) in [4.78, 5) is 0. The zero-order valence-corrected chi connectivity index (χ0v) is 22.9. The van der Waals surface area contributed by atoms with E-state index in [9.17, 15) is 0 Å². The molecule has 0 aromatic heterocycles. The molecule has 0 aliphatic heterocycles. The van der Waals surface area contributed by atoms with Gasteiger partial charge in [0, 0.05) is 5.41 Å². The second-order valence-electron chi connectivity index (χ2n) is 12.9. The molecular formula is C26H44O2Si2. The molecule has 0 bridgehead atoms. The molecule has 2 nitrogen and oxygen atoms in total. The Morgan fingerprint density at radius 3 is 2.23 bits per heavy atom. The van der Waals surface area contributed by atoms with Gasteiger partial charge in [0.1, 0.15) is 5.76 Å². The monoisotopic (exact) mass is 444 g/mol. The molecule has 0 saturated heterocycles. The third-order valence-electron chi connectivity index (χ3n) is 8.70. The summed E-state index contributed by atoms with van der Waals surface area (Å²) in [5, 5.41) is 0. The van der Waals surface area contributed by atoms with Crippen LogP contribution in [-0.2, 0) is 8.85 Å². The molecule has 6 atom stereocenters. The minimum Gasteiger partial charge on any atom is -0.544 e. The zero-order chi connectivity index (χ0) is 22.1. The van der Waals surface area contributed by atoms with E-state index in [2.05, 4.69) is 78.3 Å². The smallest absolute Gasteiger partial charge is 0.242 e. The maximum absolute atomic E-state index is 6.75. The fourth-order valence-electron chi connectivity index (χ4n) is 7.29. The third kappa shape index (κ3) is 3.75. The lowest BCUT2D eigenvalue weighted by Crippen LogP contribution is -2.51. The first kappa shape index (κ1) is 22.6. The van der Waals surface area contributed by atoms with Crippen molar-refractivity contribution in [2.24, 2.45) is 28.6 Å². The summed E-state index contributed by atoms with van der Waals surface area (Å²) in [6.45, 7) is 21.3. The van der Waals surface area contributed by atoms with Gasteiger partial charge >= 0.3 is 0 Å². The predicted molar refractivity (Wildman–Crippen MR) is 132 cm³/mol. The molecule has 5 unspecified atom stereocenters. The van der Waals surface area contributed by atoms with Gasteiger partial charge in [0.15, 0.2) is 8.32 Å². The standard InChI is InChI=1S/C26H44O2Si2/c1-18-16-20(27-29(4,5)6)17-19-10-11-21-22-12-13-24(28-30(7,8)9)25(22,2)15-14-23(21)26(18,19)3/h10,16-17,21-24H,11-15H2,1-9H3/t21?,22?,23?,24-,25?,26?/m0/s1. The maximum atomic E-state index is 6.75. The Bertz CT molecular complexity index is 797. The molecule has 0 radical (unpaired) electrons. The van der Waals surface area contributed by atoms with E-state index in [4.69, 9.17) is 8.85 Å². The van der Waals surface area contributed by atoms with Crippen LogP contribution in [0.1, 0.15) is 52.9 Å². The van der Waals surface area contributed by atoms with Gasteiger partial charge in [-0.05, 0) is 119 Å². The Morgan fingerprint density at radius 1 is 0.900 bits per heavy atom. The van der Waals surface area contributed by atoms with Gasteiger partial charge < -0.3 is 8.85 Å². The molecule has 4 aliphatic carbocycles.